The first-order valence-corrected chi connectivity index (χ1v) is 9.95. The largest absolute Gasteiger partial charge is 0.384 e. The second-order valence-electron chi connectivity index (χ2n) is 8.30. The van der Waals surface area contributed by atoms with Gasteiger partial charge in [-0.05, 0) is 56.5 Å². The Bertz CT molecular complexity index is 840. The zero-order chi connectivity index (χ0) is 18.5. The van der Waals surface area contributed by atoms with E-state index in [4.69, 9.17) is 5.73 Å². The lowest BCUT2D eigenvalue weighted by Gasteiger charge is -2.51. The molecule has 3 atom stereocenters. The van der Waals surface area contributed by atoms with E-state index in [2.05, 4.69) is 46.0 Å². The van der Waals surface area contributed by atoms with Crippen LogP contribution in [0.2, 0.25) is 0 Å². The fourth-order valence-corrected chi connectivity index (χ4v) is 5.46. The Morgan fingerprint density at radius 2 is 1.81 bits per heavy atom. The minimum atomic E-state index is 0.0980. The molecule has 4 saturated heterocycles. The standard InChI is InChI=1S/C22H26N4O/c1-14-2-4-15(5-3-14)18-13-26(22(27)17-6-7-19(23)24-12-17)20-16-8-10-25(11-9-16)21(18)20/h2-7,12,16,18,20-21H,8-11,13H2,1H3,(H2,23,24)/t18-,20-,21-/m1/s1. The van der Waals surface area contributed by atoms with Crippen LogP contribution in [0.25, 0.3) is 0 Å². The van der Waals surface area contributed by atoms with Gasteiger partial charge in [-0.15, -0.1) is 0 Å². The van der Waals surface area contributed by atoms with E-state index in [0.29, 0.717) is 35.3 Å². The molecule has 6 rings (SSSR count). The first-order valence-electron chi connectivity index (χ1n) is 9.95. The molecule has 0 saturated carbocycles. The Morgan fingerprint density at radius 3 is 2.48 bits per heavy atom. The number of carbonyl (C=O) groups excluding carboxylic acids is 1. The Kier molecular flexibility index (Phi) is 3.93. The highest BCUT2D eigenvalue weighted by atomic mass is 16.2. The molecule has 2 aromatic rings. The third-order valence-electron chi connectivity index (χ3n) is 6.79. The molecule has 27 heavy (non-hydrogen) atoms. The topological polar surface area (TPSA) is 62.5 Å². The number of pyridine rings is 1. The van der Waals surface area contributed by atoms with Gasteiger partial charge in [0, 0.05) is 24.7 Å². The van der Waals surface area contributed by atoms with Crippen LogP contribution in [0.5, 0.6) is 0 Å². The van der Waals surface area contributed by atoms with Crippen LogP contribution in [0, 0.1) is 12.8 Å². The number of piperidine rings is 3. The third kappa shape index (κ3) is 2.72. The summed E-state index contributed by atoms with van der Waals surface area (Å²) in [5.74, 6) is 1.54. The van der Waals surface area contributed by atoms with Crippen LogP contribution >= 0.6 is 0 Å². The SMILES string of the molecule is Cc1ccc([C@H]2CN(C(=O)c3ccc(N)nc3)[C@@H]3C4CCN(CC4)[C@H]23)cc1. The number of likely N-dealkylation sites (tertiary alicyclic amines) is 1. The molecule has 5 heteroatoms. The monoisotopic (exact) mass is 362 g/mol. The first kappa shape index (κ1) is 16.8. The van der Waals surface area contributed by atoms with Gasteiger partial charge in [0.25, 0.3) is 5.91 Å². The van der Waals surface area contributed by atoms with Crippen LogP contribution in [-0.2, 0) is 0 Å². The fourth-order valence-electron chi connectivity index (χ4n) is 5.46. The minimum Gasteiger partial charge on any atom is -0.384 e. The van der Waals surface area contributed by atoms with E-state index >= 15 is 0 Å². The smallest absolute Gasteiger partial charge is 0.255 e. The average Bonchev–Trinajstić information content (AvgIpc) is 3.12. The number of benzene rings is 1. The van der Waals surface area contributed by atoms with Gasteiger partial charge in [0.15, 0.2) is 0 Å². The highest BCUT2D eigenvalue weighted by Gasteiger charge is 2.54. The summed E-state index contributed by atoms with van der Waals surface area (Å²) in [5.41, 5.74) is 8.98. The molecule has 1 aromatic heterocycles. The lowest BCUT2D eigenvalue weighted by Crippen LogP contribution is -2.60. The molecular formula is C22H26N4O. The van der Waals surface area contributed by atoms with Crippen molar-refractivity contribution < 1.29 is 4.79 Å². The number of nitrogens with two attached hydrogens (primary N) is 1. The summed E-state index contributed by atoms with van der Waals surface area (Å²) >= 11 is 0. The van der Waals surface area contributed by atoms with Gasteiger partial charge < -0.3 is 10.6 Å². The number of hydrogen-bond acceptors (Lipinski definition) is 4. The van der Waals surface area contributed by atoms with Crippen molar-refractivity contribution in [2.24, 2.45) is 5.92 Å². The molecule has 0 spiro atoms. The van der Waals surface area contributed by atoms with Gasteiger partial charge in [0.2, 0.25) is 0 Å². The lowest BCUT2D eigenvalue weighted by atomic mass is 9.75. The molecule has 4 aliphatic rings. The third-order valence-corrected chi connectivity index (χ3v) is 6.79. The normalized spacial score (nSPS) is 31.7. The molecule has 5 nitrogen and oxygen atoms in total. The maximum atomic E-state index is 13.3. The Morgan fingerprint density at radius 1 is 1.07 bits per heavy atom. The molecule has 5 heterocycles. The van der Waals surface area contributed by atoms with Gasteiger partial charge >= 0.3 is 0 Å². The molecule has 1 amide bonds. The van der Waals surface area contributed by atoms with E-state index < -0.39 is 0 Å². The van der Waals surface area contributed by atoms with Gasteiger partial charge in [-0.25, -0.2) is 4.98 Å². The maximum absolute atomic E-state index is 13.3. The van der Waals surface area contributed by atoms with Crippen molar-refractivity contribution in [3.63, 3.8) is 0 Å². The van der Waals surface area contributed by atoms with E-state index in [0.717, 1.165) is 6.54 Å². The lowest BCUT2D eigenvalue weighted by molar-refractivity contribution is -0.00341. The number of nitrogen functional groups attached to an aromatic ring is 1. The van der Waals surface area contributed by atoms with Gasteiger partial charge in [0.05, 0.1) is 11.6 Å². The van der Waals surface area contributed by atoms with E-state index in [1.54, 1.807) is 18.3 Å². The number of amides is 1. The predicted octanol–water partition coefficient (Wildman–Crippen LogP) is 2.67. The Hall–Kier alpha value is -2.40. The van der Waals surface area contributed by atoms with E-state index in [1.807, 2.05) is 0 Å². The van der Waals surface area contributed by atoms with Gasteiger partial charge in [-0.3, -0.25) is 9.69 Å². The van der Waals surface area contributed by atoms with Crippen LogP contribution in [-0.4, -0.2) is 52.4 Å². The second-order valence-corrected chi connectivity index (χ2v) is 8.30. The van der Waals surface area contributed by atoms with Crippen molar-refractivity contribution >= 4 is 11.7 Å². The van der Waals surface area contributed by atoms with Crippen molar-refractivity contribution in [2.75, 3.05) is 25.4 Å². The predicted molar refractivity (Wildman–Crippen MR) is 105 cm³/mol. The van der Waals surface area contributed by atoms with E-state index in [9.17, 15) is 4.79 Å². The summed E-state index contributed by atoms with van der Waals surface area (Å²) in [6.07, 6.45) is 4.02. The van der Waals surface area contributed by atoms with Crippen LogP contribution in [0.1, 0.15) is 40.2 Å². The number of rotatable bonds is 2. The minimum absolute atomic E-state index is 0.0980. The number of nitrogens with zero attached hydrogens (tertiary/aromatic N) is 3. The van der Waals surface area contributed by atoms with Crippen LogP contribution < -0.4 is 5.73 Å². The highest BCUT2D eigenvalue weighted by Crippen LogP contribution is 2.46. The van der Waals surface area contributed by atoms with Crippen LogP contribution in [0.15, 0.2) is 42.6 Å². The number of carbonyl (C=O) groups is 1. The summed E-state index contributed by atoms with van der Waals surface area (Å²) in [7, 11) is 0. The Balaban J connectivity index is 1.51. The van der Waals surface area contributed by atoms with Crippen molar-refractivity contribution in [1.82, 2.24) is 14.8 Å². The van der Waals surface area contributed by atoms with Crippen molar-refractivity contribution in [1.29, 1.82) is 0 Å². The number of hydrogen-bond donors (Lipinski definition) is 1. The molecule has 2 bridgehead atoms. The summed E-state index contributed by atoms with van der Waals surface area (Å²) in [5, 5.41) is 0. The van der Waals surface area contributed by atoms with Crippen LogP contribution in [0.4, 0.5) is 5.82 Å². The number of aryl methyl sites for hydroxylation is 1. The molecule has 2 N–H and O–H groups in total. The van der Waals surface area contributed by atoms with Crippen molar-refractivity contribution in [3.05, 3.63) is 59.3 Å². The highest BCUT2D eigenvalue weighted by molar-refractivity contribution is 5.94. The molecule has 0 radical (unpaired) electrons. The maximum Gasteiger partial charge on any atom is 0.255 e. The molecule has 4 aliphatic heterocycles. The first-order chi connectivity index (χ1) is 13.1. The number of fused-ring (bicyclic) bond motifs is 2. The van der Waals surface area contributed by atoms with E-state index in [-0.39, 0.29) is 5.91 Å². The van der Waals surface area contributed by atoms with Crippen molar-refractivity contribution in [3.8, 4) is 0 Å². The zero-order valence-electron chi connectivity index (χ0n) is 15.7. The molecule has 0 unspecified atom stereocenters. The van der Waals surface area contributed by atoms with Gasteiger partial charge in [-0.1, -0.05) is 29.8 Å². The van der Waals surface area contributed by atoms with Gasteiger partial charge in [0.1, 0.15) is 5.82 Å². The summed E-state index contributed by atoms with van der Waals surface area (Å²) in [4.78, 5) is 22.2. The van der Waals surface area contributed by atoms with E-state index in [1.165, 1.54) is 37.1 Å². The molecule has 0 aliphatic carbocycles. The molecule has 4 fully saturated rings. The average molecular weight is 362 g/mol. The zero-order valence-corrected chi connectivity index (χ0v) is 15.7. The quantitative estimate of drug-likeness (QED) is 0.892. The molecular weight excluding hydrogens is 336 g/mol. The summed E-state index contributed by atoms with van der Waals surface area (Å²) in [6, 6.07) is 13.1. The summed E-state index contributed by atoms with van der Waals surface area (Å²) in [6.45, 7) is 5.24. The molecule has 1 aromatic carbocycles. The number of aromatic nitrogens is 1. The number of anilines is 1. The molecule has 140 valence electrons. The van der Waals surface area contributed by atoms with Crippen molar-refractivity contribution in [2.45, 2.75) is 37.8 Å². The van der Waals surface area contributed by atoms with Gasteiger partial charge in [-0.2, -0.15) is 0 Å². The van der Waals surface area contributed by atoms with Crippen LogP contribution in [0.3, 0.4) is 0 Å². The fraction of sp³-hybridized carbons (Fsp3) is 0.455. The Labute approximate surface area is 160 Å². The summed E-state index contributed by atoms with van der Waals surface area (Å²) < 4.78 is 0. The second kappa shape index (κ2) is 6.34.